The topological polar surface area (TPSA) is 81.2 Å². The molecular formula is C25H35N5O2. The molecule has 0 amide bonds. The molecule has 2 N–H and O–H groups in total. The number of nitrogens with zero attached hydrogens (tertiary/aromatic N) is 3. The number of hydrogen-bond acceptors (Lipinski definition) is 7. The quantitative estimate of drug-likeness (QED) is 0.709. The summed E-state index contributed by atoms with van der Waals surface area (Å²) in [7, 11) is 0. The fraction of sp³-hybridized carbons (Fsp3) is 0.720. The average Bonchev–Trinajstić information content (AvgIpc) is 3.44. The number of nitrogens with one attached hydrogen (secondary N) is 2. The first-order valence-corrected chi connectivity index (χ1v) is 12.6. The lowest BCUT2D eigenvalue weighted by atomic mass is 9.88. The van der Waals surface area contributed by atoms with Crippen molar-refractivity contribution in [1.29, 1.82) is 0 Å². The maximum Gasteiger partial charge on any atom is 0.180 e. The molecule has 0 bridgehead atoms. The Morgan fingerprint density at radius 3 is 1.94 bits per heavy atom. The molecule has 2 aromatic rings. The molecule has 4 fully saturated rings. The normalized spacial score (nSPS) is 29.0. The lowest BCUT2D eigenvalue weighted by Gasteiger charge is -2.40. The van der Waals surface area contributed by atoms with Crippen molar-refractivity contribution in [3.63, 3.8) is 0 Å². The van der Waals surface area contributed by atoms with Gasteiger partial charge in [0.1, 0.15) is 5.52 Å². The molecule has 4 heterocycles. The van der Waals surface area contributed by atoms with Crippen LogP contribution >= 0.6 is 0 Å². The highest BCUT2D eigenvalue weighted by molar-refractivity contribution is 5.77. The molecule has 172 valence electrons. The highest BCUT2D eigenvalue weighted by atomic mass is 16.5. The van der Waals surface area contributed by atoms with Crippen molar-refractivity contribution in [3.05, 3.63) is 18.3 Å². The third-order valence-corrected chi connectivity index (χ3v) is 8.14. The van der Waals surface area contributed by atoms with Gasteiger partial charge in [-0.25, -0.2) is 15.0 Å². The van der Waals surface area contributed by atoms with E-state index in [1.54, 1.807) is 6.20 Å². The van der Waals surface area contributed by atoms with Crippen molar-refractivity contribution in [2.75, 3.05) is 23.8 Å². The van der Waals surface area contributed by atoms with E-state index in [1.165, 1.54) is 51.4 Å². The number of fused-ring (bicyclic) bond motifs is 1. The first-order chi connectivity index (χ1) is 15.7. The molecule has 7 nitrogen and oxygen atoms in total. The molecule has 2 aromatic heterocycles. The van der Waals surface area contributed by atoms with Gasteiger partial charge in [-0.2, -0.15) is 0 Å². The molecule has 4 aliphatic rings. The lowest BCUT2D eigenvalue weighted by molar-refractivity contribution is -0.0772. The lowest BCUT2D eigenvalue weighted by Crippen LogP contribution is -2.43. The minimum absolute atomic E-state index is 0.0710. The Labute approximate surface area is 190 Å². The van der Waals surface area contributed by atoms with Gasteiger partial charge in [-0.1, -0.05) is 25.7 Å². The Kier molecular flexibility index (Phi) is 5.42. The first-order valence-electron chi connectivity index (χ1n) is 12.6. The fourth-order valence-corrected chi connectivity index (χ4v) is 6.52. The van der Waals surface area contributed by atoms with Gasteiger partial charge in [0.05, 0.1) is 11.2 Å². The van der Waals surface area contributed by atoms with Gasteiger partial charge in [0.2, 0.25) is 0 Å². The Morgan fingerprint density at radius 1 is 0.781 bits per heavy atom. The maximum atomic E-state index is 6.25. The van der Waals surface area contributed by atoms with Gasteiger partial charge in [0.15, 0.2) is 17.3 Å². The summed E-state index contributed by atoms with van der Waals surface area (Å²) < 4.78 is 12.5. The second-order valence-corrected chi connectivity index (χ2v) is 10.4. The molecule has 0 radical (unpaired) electrons. The summed E-state index contributed by atoms with van der Waals surface area (Å²) >= 11 is 0. The van der Waals surface area contributed by atoms with Crippen LogP contribution in [0.4, 0.5) is 11.6 Å². The third-order valence-electron chi connectivity index (χ3n) is 8.14. The zero-order chi connectivity index (χ0) is 21.4. The summed E-state index contributed by atoms with van der Waals surface area (Å²) in [6.45, 7) is 1.65. The van der Waals surface area contributed by atoms with Crippen molar-refractivity contribution in [2.45, 2.75) is 100 Å². The Morgan fingerprint density at radius 2 is 1.34 bits per heavy atom. The van der Waals surface area contributed by atoms with Gasteiger partial charge in [-0.15, -0.1) is 0 Å². The van der Waals surface area contributed by atoms with E-state index >= 15 is 0 Å². The number of hydrogen-bond donors (Lipinski definition) is 2. The second kappa shape index (κ2) is 8.41. The van der Waals surface area contributed by atoms with Crippen LogP contribution in [-0.4, -0.2) is 51.5 Å². The summed E-state index contributed by atoms with van der Waals surface area (Å²) in [6, 6.07) is 4.64. The summed E-state index contributed by atoms with van der Waals surface area (Å²) in [5.74, 6) is 1.70. The summed E-state index contributed by atoms with van der Waals surface area (Å²) in [4.78, 5) is 14.4. The predicted octanol–water partition coefficient (Wildman–Crippen LogP) is 4.83. The number of ether oxygens (including phenoxy) is 2. The van der Waals surface area contributed by atoms with Crippen LogP contribution in [0, 0.1) is 0 Å². The summed E-state index contributed by atoms with van der Waals surface area (Å²) in [5.41, 5.74) is 1.68. The van der Waals surface area contributed by atoms with Crippen LogP contribution in [0.15, 0.2) is 18.3 Å². The van der Waals surface area contributed by atoms with E-state index in [1.807, 2.05) is 12.1 Å². The molecule has 6 rings (SSSR count). The number of anilines is 2. The molecule has 2 spiro atoms. The molecule has 2 aliphatic heterocycles. The van der Waals surface area contributed by atoms with Crippen LogP contribution in [0.5, 0.6) is 0 Å². The van der Waals surface area contributed by atoms with Gasteiger partial charge < -0.3 is 20.1 Å². The van der Waals surface area contributed by atoms with Crippen LogP contribution in [0.2, 0.25) is 0 Å². The molecule has 2 atom stereocenters. The van der Waals surface area contributed by atoms with Crippen molar-refractivity contribution < 1.29 is 9.47 Å². The SMILES string of the molecule is c1cnc2nc(NC3CCOC4(CCCC4)C3)c(NC3CCOC4(CCCC4)C3)nc2c1. The van der Waals surface area contributed by atoms with Crippen molar-refractivity contribution in [1.82, 2.24) is 15.0 Å². The van der Waals surface area contributed by atoms with Gasteiger partial charge in [0.25, 0.3) is 0 Å². The van der Waals surface area contributed by atoms with E-state index in [9.17, 15) is 0 Å². The molecule has 0 aromatic carbocycles. The molecule has 7 heteroatoms. The number of pyridine rings is 1. The molecule has 2 unspecified atom stereocenters. The van der Waals surface area contributed by atoms with Crippen molar-refractivity contribution in [3.8, 4) is 0 Å². The molecule has 32 heavy (non-hydrogen) atoms. The highest BCUT2D eigenvalue weighted by Crippen LogP contribution is 2.42. The zero-order valence-corrected chi connectivity index (χ0v) is 18.9. The number of aromatic nitrogens is 3. The van der Waals surface area contributed by atoms with E-state index < -0.39 is 0 Å². The smallest absolute Gasteiger partial charge is 0.180 e. The van der Waals surface area contributed by atoms with E-state index in [2.05, 4.69) is 15.6 Å². The monoisotopic (exact) mass is 437 g/mol. The molecule has 2 saturated carbocycles. The second-order valence-electron chi connectivity index (χ2n) is 10.4. The largest absolute Gasteiger partial charge is 0.375 e. The summed E-state index contributed by atoms with van der Waals surface area (Å²) in [6.07, 6.45) is 15.8. The fourth-order valence-electron chi connectivity index (χ4n) is 6.52. The molecule has 2 saturated heterocycles. The van der Waals surface area contributed by atoms with Crippen LogP contribution in [-0.2, 0) is 9.47 Å². The Bertz CT molecular complexity index is 878. The standard InChI is InChI=1S/C25H35N5O2/c1-2-10-24(9-1)16-18(7-14-31-24)27-22-23(30-21-20(29-22)6-5-13-26-21)28-19-8-15-32-25(17-19)11-3-4-12-25/h5-6,13,18-19H,1-4,7-12,14-17H2,(H,27,29)(H,26,28,30). The number of rotatable bonds is 4. The van der Waals surface area contributed by atoms with Gasteiger partial charge >= 0.3 is 0 Å². The molecule has 2 aliphatic carbocycles. The molecular weight excluding hydrogens is 402 g/mol. The van der Waals surface area contributed by atoms with E-state index in [0.717, 1.165) is 56.0 Å². The van der Waals surface area contributed by atoms with E-state index in [0.29, 0.717) is 17.7 Å². The van der Waals surface area contributed by atoms with Gasteiger partial charge in [-0.05, 0) is 63.5 Å². The van der Waals surface area contributed by atoms with Gasteiger partial charge in [-0.3, -0.25) is 0 Å². The highest BCUT2D eigenvalue weighted by Gasteiger charge is 2.41. The third kappa shape index (κ3) is 4.05. The predicted molar refractivity (Wildman–Crippen MR) is 125 cm³/mol. The van der Waals surface area contributed by atoms with E-state index in [4.69, 9.17) is 19.4 Å². The van der Waals surface area contributed by atoms with Crippen molar-refractivity contribution >= 4 is 22.8 Å². The van der Waals surface area contributed by atoms with Gasteiger partial charge in [0, 0.05) is 31.5 Å². The first kappa shape index (κ1) is 20.6. The van der Waals surface area contributed by atoms with Crippen molar-refractivity contribution in [2.24, 2.45) is 0 Å². The summed E-state index contributed by atoms with van der Waals surface area (Å²) in [5, 5.41) is 7.52. The van der Waals surface area contributed by atoms with Crippen LogP contribution in [0.1, 0.15) is 77.0 Å². The Balaban J connectivity index is 1.25. The zero-order valence-electron chi connectivity index (χ0n) is 18.9. The minimum atomic E-state index is 0.0710. The van der Waals surface area contributed by atoms with Crippen LogP contribution in [0.3, 0.4) is 0 Å². The Hall–Kier alpha value is -1.99. The van der Waals surface area contributed by atoms with Crippen LogP contribution < -0.4 is 10.6 Å². The average molecular weight is 438 g/mol. The van der Waals surface area contributed by atoms with Crippen LogP contribution in [0.25, 0.3) is 11.2 Å². The minimum Gasteiger partial charge on any atom is -0.375 e. The maximum absolute atomic E-state index is 6.25. The van der Waals surface area contributed by atoms with E-state index in [-0.39, 0.29) is 11.2 Å².